The van der Waals surface area contributed by atoms with Gasteiger partial charge in [-0.25, -0.2) is 15.0 Å². The summed E-state index contributed by atoms with van der Waals surface area (Å²) in [7, 11) is -4.51. The first-order valence-corrected chi connectivity index (χ1v) is 20.7. The second-order valence-electron chi connectivity index (χ2n) is 12.2. The van der Waals surface area contributed by atoms with Crippen LogP contribution in [0.3, 0.4) is 0 Å². The molecule has 0 bridgehead atoms. The lowest BCUT2D eigenvalue weighted by molar-refractivity contribution is 0.0688. The van der Waals surface area contributed by atoms with Crippen molar-refractivity contribution in [2.75, 3.05) is 31.9 Å². The van der Waals surface area contributed by atoms with Crippen LogP contribution in [0.4, 0.5) is 5.82 Å². The van der Waals surface area contributed by atoms with Gasteiger partial charge in [0.15, 0.2) is 11.5 Å². The van der Waals surface area contributed by atoms with Gasteiger partial charge in [0.1, 0.15) is 18.2 Å². The van der Waals surface area contributed by atoms with Gasteiger partial charge in [0.25, 0.3) is 0 Å². The van der Waals surface area contributed by atoms with Crippen LogP contribution in [0.5, 0.6) is 0 Å². The summed E-state index contributed by atoms with van der Waals surface area (Å²) in [6.07, 6.45) is 19.2. The van der Waals surface area contributed by atoms with Crippen LogP contribution in [0.25, 0.3) is 11.2 Å². The molecule has 2 aromatic rings. The molecule has 2 atom stereocenters. The number of hydrogen-bond donors (Lipinski definition) is 2. The highest BCUT2D eigenvalue weighted by Crippen LogP contribution is 2.42. The number of hydrogen-bond acceptors (Lipinski definition) is 8. The molecule has 234 valence electrons. The van der Waals surface area contributed by atoms with Gasteiger partial charge >= 0.3 is 7.60 Å². The SMILES string of the molecule is C[C@H](Cn1cnc2c(N)ncnc21)OCP(=O)(O)OCCCOCCCCCCCCCCCCC[Si]1(C)CCC1. The average Bonchev–Trinajstić information content (AvgIpc) is 3.34. The molecular formula is C29H54N5O5PSi. The molecule has 0 amide bonds. The molecule has 41 heavy (non-hydrogen) atoms. The number of imidazole rings is 1. The lowest BCUT2D eigenvalue weighted by Gasteiger charge is -2.36. The van der Waals surface area contributed by atoms with E-state index in [-0.39, 0.29) is 19.1 Å². The normalized spacial score (nSPS) is 17.0. The molecular weight excluding hydrogens is 557 g/mol. The van der Waals surface area contributed by atoms with Crippen molar-refractivity contribution in [3.05, 3.63) is 12.7 Å². The van der Waals surface area contributed by atoms with Crippen molar-refractivity contribution in [3.8, 4) is 0 Å². The minimum Gasteiger partial charge on any atom is -0.382 e. The highest BCUT2D eigenvalue weighted by molar-refractivity contribution is 7.52. The van der Waals surface area contributed by atoms with Crippen LogP contribution >= 0.6 is 7.60 Å². The quantitative estimate of drug-likeness (QED) is 0.0720. The Kier molecular flexibility index (Phi) is 15.3. The van der Waals surface area contributed by atoms with Crippen molar-refractivity contribution in [3.63, 3.8) is 0 Å². The van der Waals surface area contributed by atoms with Crippen molar-refractivity contribution in [1.82, 2.24) is 19.5 Å². The first-order chi connectivity index (χ1) is 19.8. The van der Waals surface area contributed by atoms with Crippen molar-refractivity contribution < 1.29 is 23.5 Å². The van der Waals surface area contributed by atoms with E-state index in [0.29, 0.717) is 36.6 Å². The van der Waals surface area contributed by atoms with Crippen LogP contribution < -0.4 is 5.73 Å². The lowest BCUT2D eigenvalue weighted by Crippen LogP contribution is -2.37. The molecule has 3 N–H and O–H groups in total. The first-order valence-electron chi connectivity index (χ1n) is 15.9. The Morgan fingerprint density at radius 2 is 1.59 bits per heavy atom. The second kappa shape index (κ2) is 18.3. The van der Waals surface area contributed by atoms with E-state index in [0.717, 1.165) is 13.0 Å². The van der Waals surface area contributed by atoms with E-state index >= 15 is 0 Å². The fraction of sp³-hybridized carbons (Fsp3) is 0.828. The van der Waals surface area contributed by atoms with Gasteiger partial charge in [-0.2, -0.15) is 0 Å². The van der Waals surface area contributed by atoms with Gasteiger partial charge in [0.05, 0.1) is 33.7 Å². The monoisotopic (exact) mass is 611 g/mol. The van der Waals surface area contributed by atoms with Gasteiger partial charge in [-0.05, 0) is 19.8 Å². The smallest absolute Gasteiger partial charge is 0.353 e. The van der Waals surface area contributed by atoms with Gasteiger partial charge in [-0.1, -0.05) is 95.3 Å². The van der Waals surface area contributed by atoms with E-state index in [1.807, 2.05) is 6.92 Å². The first kappa shape index (κ1) is 34.1. The van der Waals surface area contributed by atoms with E-state index in [4.69, 9.17) is 19.7 Å². The molecule has 1 aliphatic heterocycles. The number of ether oxygens (including phenoxy) is 2. The fourth-order valence-corrected chi connectivity index (χ4v) is 9.56. The number of nitrogens with two attached hydrogens (primary N) is 1. The maximum absolute atomic E-state index is 12.3. The predicted molar refractivity (Wildman–Crippen MR) is 168 cm³/mol. The number of anilines is 1. The zero-order chi connectivity index (χ0) is 29.4. The van der Waals surface area contributed by atoms with E-state index < -0.39 is 15.7 Å². The highest BCUT2D eigenvalue weighted by atomic mass is 31.2. The third-order valence-electron chi connectivity index (χ3n) is 8.26. The molecule has 0 aliphatic carbocycles. The Morgan fingerprint density at radius 3 is 2.24 bits per heavy atom. The summed E-state index contributed by atoms with van der Waals surface area (Å²) in [5, 5.41) is 0. The van der Waals surface area contributed by atoms with Crippen molar-refractivity contribution in [1.29, 1.82) is 0 Å². The van der Waals surface area contributed by atoms with E-state index in [1.165, 1.54) is 77.0 Å². The number of fused-ring (bicyclic) bond motifs is 1. The molecule has 3 heterocycles. The maximum Gasteiger partial charge on any atom is 0.353 e. The van der Waals surface area contributed by atoms with Gasteiger partial charge in [-0.15, -0.1) is 0 Å². The van der Waals surface area contributed by atoms with E-state index in [2.05, 4.69) is 21.5 Å². The zero-order valence-corrected chi connectivity index (χ0v) is 27.4. The maximum atomic E-state index is 12.3. The Hall–Kier alpha value is -1.36. The van der Waals surface area contributed by atoms with Crippen molar-refractivity contribution in [2.45, 2.75) is 128 Å². The second-order valence-corrected chi connectivity index (χ2v) is 19.1. The standard InChI is InChI=1S/C29H54N5O5PSi/c1-26(22-34-24-33-27-28(30)31-23-32-29(27)34)38-25-40(35,36)39-18-14-17-37-16-12-10-8-6-4-3-5-7-9-11-13-19-41(2)20-15-21-41/h23-24,26H,3-22,25H2,1-2H3,(H,35,36)(H2,30,31,32)/t26-/m1/s1. The number of rotatable bonds is 24. The average molecular weight is 612 g/mol. The minimum absolute atomic E-state index is 0.162. The molecule has 1 fully saturated rings. The third kappa shape index (κ3) is 13.2. The van der Waals surface area contributed by atoms with E-state index in [1.54, 1.807) is 29.0 Å². The van der Waals surface area contributed by atoms with Crippen LogP contribution in [0.2, 0.25) is 24.7 Å². The van der Waals surface area contributed by atoms with Crippen LogP contribution in [0.1, 0.15) is 90.4 Å². The van der Waals surface area contributed by atoms with E-state index in [9.17, 15) is 9.46 Å². The Bertz CT molecular complexity index is 1050. The van der Waals surface area contributed by atoms with Crippen LogP contribution in [0, 0.1) is 0 Å². The lowest BCUT2D eigenvalue weighted by atomic mass is 10.1. The summed E-state index contributed by atoms with van der Waals surface area (Å²) in [5.41, 5.74) is 6.93. The molecule has 3 rings (SSSR count). The fourth-order valence-electron chi connectivity index (χ4n) is 5.47. The van der Waals surface area contributed by atoms with Gasteiger partial charge in [-0.3, -0.25) is 4.57 Å². The summed E-state index contributed by atoms with van der Waals surface area (Å²) in [6.45, 7) is 6.24. The Morgan fingerprint density at radius 1 is 0.951 bits per heavy atom. The molecule has 1 saturated heterocycles. The molecule has 0 radical (unpaired) electrons. The molecule has 1 unspecified atom stereocenters. The number of aromatic nitrogens is 4. The molecule has 0 aromatic carbocycles. The van der Waals surface area contributed by atoms with Crippen molar-refractivity contribution in [2.24, 2.45) is 0 Å². The van der Waals surface area contributed by atoms with Crippen molar-refractivity contribution >= 4 is 32.7 Å². The summed E-state index contributed by atoms with van der Waals surface area (Å²) >= 11 is 0. The van der Waals surface area contributed by atoms with Gasteiger partial charge < -0.3 is 29.2 Å². The Balaban J connectivity index is 1.07. The molecule has 0 saturated carbocycles. The van der Waals surface area contributed by atoms with Crippen LogP contribution in [-0.4, -0.2) is 64.8 Å². The third-order valence-corrected chi connectivity index (χ3v) is 14.0. The summed E-state index contributed by atoms with van der Waals surface area (Å²) in [5.74, 6) is 0.311. The summed E-state index contributed by atoms with van der Waals surface area (Å²) in [4.78, 5) is 22.4. The molecule has 12 heteroatoms. The van der Waals surface area contributed by atoms with Gasteiger partial charge in [0.2, 0.25) is 0 Å². The number of nitrogens with zero attached hydrogens (tertiary/aromatic N) is 4. The van der Waals surface area contributed by atoms with Gasteiger partial charge in [0, 0.05) is 13.2 Å². The van der Waals surface area contributed by atoms with Crippen LogP contribution in [-0.2, 0) is 25.1 Å². The topological polar surface area (TPSA) is 135 Å². The minimum atomic E-state index is -3.83. The highest BCUT2D eigenvalue weighted by Gasteiger charge is 2.32. The molecule has 2 aromatic heterocycles. The predicted octanol–water partition coefficient (Wildman–Crippen LogP) is 7.15. The number of unbranched alkanes of at least 4 members (excludes halogenated alkanes) is 10. The van der Waals surface area contributed by atoms with Crippen LogP contribution in [0.15, 0.2) is 12.7 Å². The number of nitrogen functional groups attached to an aromatic ring is 1. The molecule has 10 nitrogen and oxygen atoms in total. The summed E-state index contributed by atoms with van der Waals surface area (Å²) in [6, 6.07) is 4.79. The summed E-state index contributed by atoms with van der Waals surface area (Å²) < 4.78 is 30.5. The Labute approximate surface area is 247 Å². The largest absolute Gasteiger partial charge is 0.382 e. The zero-order valence-electron chi connectivity index (χ0n) is 25.5. The molecule has 1 aliphatic rings. The molecule has 0 spiro atoms.